The van der Waals surface area contributed by atoms with E-state index < -0.39 is 11.4 Å². The van der Waals surface area contributed by atoms with E-state index in [2.05, 4.69) is 10.6 Å². The SMILES string of the molecule is CC1(C(=O)NCC2(C(=O)O)CC2)CCNC1. The fraction of sp³-hybridized carbons (Fsp3) is 0.818. The number of carboxylic acids is 1. The van der Waals surface area contributed by atoms with Gasteiger partial charge in [-0.2, -0.15) is 0 Å². The molecular weight excluding hydrogens is 208 g/mol. The molecule has 0 spiro atoms. The zero-order valence-electron chi connectivity index (χ0n) is 9.51. The fourth-order valence-electron chi connectivity index (χ4n) is 2.09. The lowest BCUT2D eigenvalue weighted by atomic mass is 9.88. The smallest absolute Gasteiger partial charge is 0.311 e. The van der Waals surface area contributed by atoms with E-state index in [4.69, 9.17) is 5.11 Å². The number of hydrogen-bond donors (Lipinski definition) is 3. The Bertz CT molecular complexity index is 317. The molecule has 1 atom stereocenters. The molecule has 0 aromatic rings. The predicted molar refractivity (Wildman–Crippen MR) is 57.9 cm³/mol. The molecule has 1 aliphatic heterocycles. The third-order valence-electron chi connectivity index (χ3n) is 3.81. The third kappa shape index (κ3) is 1.91. The van der Waals surface area contributed by atoms with Crippen LogP contribution in [0.15, 0.2) is 0 Å². The monoisotopic (exact) mass is 226 g/mol. The van der Waals surface area contributed by atoms with Crippen molar-refractivity contribution in [3.63, 3.8) is 0 Å². The molecule has 1 saturated heterocycles. The predicted octanol–water partition coefficient (Wildman–Crippen LogP) is -0.0330. The first-order chi connectivity index (χ1) is 7.49. The van der Waals surface area contributed by atoms with Gasteiger partial charge in [0.15, 0.2) is 0 Å². The van der Waals surface area contributed by atoms with E-state index in [1.807, 2.05) is 6.92 Å². The zero-order valence-corrected chi connectivity index (χ0v) is 9.51. The molecule has 1 saturated carbocycles. The van der Waals surface area contributed by atoms with Crippen LogP contribution in [0.3, 0.4) is 0 Å². The molecule has 0 radical (unpaired) electrons. The second-order valence-electron chi connectivity index (χ2n) is 5.26. The highest BCUT2D eigenvalue weighted by Gasteiger charge is 2.51. The number of amides is 1. The average molecular weight is 226 g/mol. The van der Waals surface area contributed by atoms with Crippen LogP contribution in [0.5, 0.6) is 0 Å². The number of rotatable bonds is 4. The average Bonchev–Trinajstić information content (AvgIpc) is 2.92. The van der Waals surface area contributed by atoms with Gasteiger partial charge in [0.1, 0.15) is 0 Å². The second-order valence-corrected chi connectivity index (χ2v) is 5.26. The van der Waals surface area contributed by atoms with Crippen LogP contribution >= 0.6 is 0 Å². The molecule has 16 heavy (non-hydrogen) atoms. The van der Waals surface area contributed by atoms with Crippen LogP contribution in [0.2, 0.25) is 0 Å². The highest BCUT2D eigenvalue weighted by atomic mass is 16.4. The summed E-state index contributed by atoms with van der Waals surface area (Å²) >= 11 is 0. The van der Waals surface area contributed by atoms with Gasteiger partial charge in [-0.25, -0.2) is 0 Å². The maximum Gasteiger partial charge on any atom is 0.311 e. The number of carbonyl (C=O) groups is 2. The van der Waals surface area contributed by atoms with Gasteiger partial charge in [0, 0.05) is 13.1 Å². The molecule has 0 aromatic heterocycles. The number of aliphatic carboxylic acids is 1. The van der Waals surface area contributed by atoms with Gasteiger partial charge in [0.05, 0.1) is 10.8 Å². The summed E-state index contributed by atoms with van der Waals surface area (Å²) in [6.45, 7) is 3.73. The minimum Gasteiger partial charge on any atom is -0.481 e. The van der Waals surface area contributed by atoms with Crippen molar-refractivity contribution in [2.24, 2.45) is 10.8 Å². The van der Waals surface area contributed by atoms with Gasteiger partial charge in [-0.3, -0.25) is 9.59 Å². The highest BCUT2D eigenvalue weighted by molar-refractivity contribution is 5.84. The van der Waals surface area contributed by atoms with Gasteiger partial charge in [-0.1, -0.05) is 0 Å². The Hall–Kier alpha value is -1.10. The van der Waals surface area contributed by atoms with Crippen LogP contribution in [0, 0.1) is 10.8 Å². The first kappa shape index (κ1) is 11.4. The molecule has 2 aliphatic rings. The van der Waals surface area contributed by atoms with Crippen LogP contribution in [0.1, 0.15) is 26.2 Å². The van der Waals surface area contributed by atoms with Crippen molar-refractivity contribution in [1.82, 2.24) is 10.6 Å². The zero-order chi connectivity index (χ0) is 11.8. The van der Waals surface area contributed by atoms with Crippen LogP contribution in [-0.2, 0) is 9.59 Å². The summed E-state index contributed by atoms with van der Waals surface area (Å²) in [7, 11) is 0. The summed E-state index contributed by atoms with van der Waals surface area (Å²) in [5, 5.41) is 14.9. The van der Waals surface area contributed by atoms with Gasteiger partial charge in [0.25, 0.3) is 0 Å². The van der Waals surface area contributed by atoms with E-state index in [0.29, 0.717) is 19.4 Å². The first-order valence-corrected chi connectivity index (χ1v) is 5.71. The van der Waals surface area contributed by atoms with Gasteiger partial charge >= 0.3 is 5.97 Å². The van der Waals surface area contributed by atoms with Gasteiger partial charge < -0.3 is 15.7 Å². The van der Waals surface area contributed by atoms with Crippen LogP contribution < -0.4 is 10.6 Å². The maximum absolute atomic E-state index is 11.9. The lowest BCUT2D eigenvalue weighted by molar-refractivity contribution is -0.143. The maximum atomic E-state index is 11.9. The van der Waals surface area contributed by atoms with Gasteiger partial charge in [0.2, 0.25) is 5.91 Å². The molecule has 5 heteroatoms. The van der Waals surface area contributed by atoms with Gasteiger partial charge in [-0.05, 0) is 32.7 Å². The topological polar surface area (TPSA) is 78.4 Å². The van der Waals surface area contributed by atoms with E-state index in [1.54, 1.807) is 0 Å². The second kappa shape index (κ2) is 3.73. The van der Waals surface area contributed by atoms with Crippen LogP contribution in [0.4, 0.5) is 0 Å². The summed E-state index contributed by atoms with van der Waals surface area (Å²) in [5.74, 6) is -0.812. The molecular formula is C11H18N2O3. The van der Waals surface area contributed by atoms with Crippen molar-refractivity contribution >= 4 is 11.9 Å². The van der Waals surface area contributed by atoms with Crippen molar-refractivity contribution < 1.29 is 14.7 Å². The van der Waals surface area contributed by atoms with E-state index in [9.17, 15) is 9.59 Å². The van der Waals surface area contributed by atoms with E-state index in [1.165, 1.54) is 0 Å². The molecule has 5 nitrogen and oxygen atoms in total. The lowest BCUT2D eigenvalue weighted by Gasteiger charge is -2.22. The Kier molecular flexibility index (Phi) is 2.66. The van der Waals surface area contributed by atoms with Crippen LogP contribution in [-0.4, -0.2) is 36.6 Å². The van der Waals surface area contributed by atoms with E-state index in [-0.39, 0.29) is 17.9 Å². The van der Waals surface area contributed by atoms with Crippen molar-refractivity contribution in [2.75, 3.05) is 19.6 Å². The van der Waals surface area contributed by atoms with Crippen LogP contribution in [0.25, 0.3) is 0 Å². The Balaban J connectivity index is 1.86. The normalized spacial score (nSPS) is 31.1. The van der Waals surface area contributed by atoms with Crippen molar-refractivity contribution in [1.29, 1.82) is 0 Å². The number of carboxylic acid groups (broad SMARTS) is 1. The summed E-state index contributed by atoms with van der Waals surface area (Å²) in [5.41, 5.74) is -1.04. The number of nitrogens with one attached hydrogen (secondary N) is 2. The molecule has 0 bridgehead atoms. The largest absolute Gasteiger partial charge is 0.481 e. The number of hydrogen-bond acceptors (Lipinski definition) is 3. The Morgan fingerprint density at radius 2 is 2.06 bits per heavy atom. The first-order valence-electron chi connectivity index (χ1n) is 5.71. The Morgan fingerprint density at radius 1 is 1.38 bits per heavy atom. The molecule has 2 fully saturated rings. The molecule has 1 aliphatic carbocycles. The van der Waals surface area contributed by atoms with Gasteiger partial charge in [-0.15, -0.1) is 0 Å². The summed E-state index contributed by atoms with van der Waals surface area (Å²) < 4.78 is 0. The minimum atomic E-state index is -0.789. The third-order valence-corrected chi connectivity index (χ3v) is 3.81. The van der Waals surface area contributed by atoms with E-state index in [0.717, 1.165) is 13.0 Å². The Labute approximate surface area is 94.6 Å². The molecule has 90 valence electrons. The molecule has 2 rings (SSSR count). The van der Waals surface area contributed by atoms with E-state index >= 15 is 0 Å². The molecule has 3 N–H and O–H groups in total. The minimum absolute atomic E-state index is 0.0231. The Morgan fingerprint density at radius 3 is 2.50 bits per heavy atom. The fourth-order valence-corrected chi connectivity index (χ4v) is 2.09. The molecule has 1 heterocycles. The summed E-state index contributed by atoms with van der Waals surface area (Å²) in [6, 6.07) is 0. The molecule has 1 amide bonds. The highest BCUT2D eigenvalue weighted by Crippen LogP contribution is 2.45. The summed E-state index contributed by atoms with van der Waals surface area (Å²) in [4.78, 5) is 22.9. The van der Waals surface area contributed by atoms with Crippen molar-refractivity contribution in [3.8, 4) is 0 Å². The summed E-state index contributed by atoms with van der Waals surface area (Å²) in [6.07, 6.45) is 2.17. The molecule has 1 unspecified atom stereocenters. The van der Waals surface area contributed by atoms with Crippen molar-refractivity contribution in [2.45, 2.75) is 26.2 Å². The standard InChI is InChI=1S/C11H18N2O3/c1-10(4-5-12-6-10)8(14)13-7-11(2-3-11)9(15)16/h12H,2-7H2,1H3,(H,13,14)(H,15,16). The number of carbonyl (C=O) groups excluding carboxylic acids is 1. The molecule has 0 aromatic carbocycles. The quantitative estimate of drug-likeness (QED) is 0.629. The lowest BCUT2D eigenvalue weighted by Crippen LogP contribution is -2.43. The van der Waals surface area contributed by atoms with Crippen molar-refractivity contribution in [3.05, 3.63) is 0 Å².